The first-order valence-electron chi connectivity index (χ1n) is 6.91. The van der Waals surface area contributed by atoms with Gasteiger partial charge < -0.3 is 9.53 Å². The van der Waals surface area contributed by atoms with Crippen LogP contribution in [-0.2, 0) is 24.3 Å². The molecule has 2 atom stereocenters. The molecule has 1 aliphatic heterocycles. The lowest BCUT2D eigenvalue weighted by atomic mass is 9.83. The lowest BCUT2D eigenvalue weighted by molar-refractivity contribution is -0.154. The Morgan fingerprint density at radius 3 is 2.41 bits per heavy atom. The molecule has 0 saturated carbocycles. The van der Waals surface area contributed by atoms with Gasteiger partial charge in [-0.05, 0) is 38.8 Å². The molecule has 22 heavy (non-hydrogen) atoms. The van der Waals surface area contributed by atoms with Crippen molar-refractivity contribution < 1.29 is 22.7 Å². The Kier molecular flexibility index (Phi) is 4.39. The summed E-state index contributed by atoms with van der Waals surface area (Å²) in [6.07, 6.45) is 0.154. The highest BCUT2D eigenvalue weighted by Gasteiger charge is 2.49. The van der Waals surface area contributed by atoms with Gasteiger partial charge in [0, 0.05) is 7.11 Å². The highest BCUT2D eigenvalue weighted by Crippen LogP contribution is 2.36. The monoisotopic (exact) mass is 325 g/mol. The fourth-order valence-electron chi connectivity index (χ4n) is 2.44. The van der Waals surface area contributed by atoms with Crippen LogP contribution in [0.15, 0.2) is 29.2 Å². The molecule has 0 N–H and O–H groups in total. The largest absolute Gasteiger partial charge is 0.360 e. The first kappa shape index (κ1) is 16.6. The molecule has 1 aromatic carbocycles. The third kappa shape index (κ3) is 2.66. The van der Waals surface area contributed by atoms with Crippen molar-refractivity contribution in [3.8, 4) is 0 Å². The Hall–Kier alpha value is -1.73. The number of hydrogen-bond acceptors (Lipinski definition) is 5. The molecule has 0 radical (unpaired) electrons. The molecule has 0 aliphatic carbocycles. The summed E-state index contributed by atoms with van der Waals surface area (Å²) in [5, 5.41) is 0. The maximum Gasteiger partial charge on any atom is 0.268 e. The average molecular weight is 325 g/mol. The van der Waals surface area contributed by atoms with E-state index in [0.717, 1.165) is 5.56 Å². The Bertz CT molecular complexity index is 682. The quantitative estimate of drug-likeness (QED) is 0.619. The Morgan fingerprint density at radius 1 is 1.32 bits per heavy atom. The number of aldehydes is 1. The number of amides is 1. The van der Waals surface area contributed by atoms with Crippen LogP contribution in [-0.4, -0.2) is 38.3 Å². The van der Waals surface area contributed by atoms with E-state index in [1.54, 1.807) is 12.1 Å². The normalized spacial score (nSPS) is 26.0. The van der Waals surface area contributed by atoms with Gasteiger partial charge in [-0.1, -0.05) is 17.7 Å². The number of piperidine rings is 1. The summed E-state index contributed by atoms with van der Waals surface area (Å²) < 4.78 is 31.4. The van der Waals surface area contributed by atoms with Crippen LogP contribution in [0.25, 0.3) is 0 Å². The fraction of sp³-hybridized carbons (Fsp3) is 0.467. The summed E-state index contributed by atoms with van der Waals surface area (Å²) in [5.74, 6) is -0.749. The topological polar surface area (TPSA) is 80.8 Å². The summed E-state index contributed by atoms with van der Waals surface area (Å²) in [5.41, 5.74) is -0.433. The van der Waals surface area contributed by atoms with E-state index in [-0.39, 0.29) is 17.7 Å². The summed E-state index contributed by atoms with van der Waals surface area (Å²) >= 11 is 0. The molecule has 0 spiro atoms. The molecular weight excluding hydrogens is 306 g/mol. The molecule has 0 aromatic heterocycles. The molecule has 0 bridgehead atoms. The first-order valence-corrected chi connectivity index (χ1v) is 8.35. The zero-order valence-electron chi connectivity index (χ0n) is 12.8. The number of ether oxygens (including phenoxy) is 1. The summed E-state index contributed by atoms with van der Waals surface area (Å²) in [4.78, 5) is 23.8. The van der Waals surface area contributed by atoms with Crippen molar-refractivity contribution in [2.75, 3.05) is 7.11 Å². The second kappa shape index (κ2) is 5.81. The number of benzene rings is 1. The molecule has 1 amide bonds. The number of aryl methyl sites for hydroxylation is 1. The van der Waals surface area contributed by atoms with E-state index in [4.69, 9.17) is 4.74 Å². The van der Waals surface area contributed by atoms with Crippen molar-refractivity contribution in [2.45, 2.75) is 37.8 Å². The van der Waals surface area contributed by atoms with Crippen molar-refractivity contribution in [3.05, 3.63) is 29.8 Å². The molecule has 2 rings (SSSR count). The van der Waals surface area contributed by atoms with Crippen molar-refractivity contribution >= 4 is 22.2 Å². The van der Waals surface area contributed by atoms with E-state index < -0.39 is 27.6 Å². The maximum absolute atomic E-state index is 12.8. The second-order valence-corrected chi connectivity index (χ2v) is 7.50. The van der Waals surface area contributed by atoms with Crippen molar-refractivity contribution in [2.24, 2.45) is 5.41 Å². The van der Waals surface area contributed by atoms with Crippen molar-refractivity contribution in [1.29, 1.82) is 0 Å². The molecular formula is C15H19NO5S. The molecule has 7 heteroatoms. The van der Waals surface area contributed by atoms with Gasteiger partial charge in [-0.2, -0.15) is 0 Å². The molecule has 6 nitrogen and oxygen atoms in total. The van der Waals surface area contributed by atoms with E-state index >= 15 is 0 Å². The van der Waals surface area contributed by atoms with Crippen LogP contribution in [0.2, 0.25) is 0 Å². The van der Waals surface area contributed by atoms with Gasteiger partial charge in [0.2, 0.25) is 0 Å². The van der Waals surface area contributed by atoms with Crippen LogP contribution in [0.3, 0.4) is 0 Å². The molecule has 1 fully saturated rings. The molecule has 120 valence electrons. The number of methoxy groups -OCH3 is 1. The zero-order chi connectivity index (χ0) is 16.5. The van der Waals surface area contributed by atoms with Crippen LogP contribution in [0.1, 0.15) is 25.3 Å². The van der Waals surface area contributed by atoms with Gasteiger partial charge in [0.15, 0.2) is 0 Å². The zero-order valence-corrected chi connectivity index (χ0v) is 13.6. The minimum Gasteiger partial charge on any atom is -0.360 e. The lowest BCUT2D eigenvalue weighted by Gasteiger charge is -2.40. The predicted octanol–water partition coefficient (Wildman–Crippen LogP) is 1.48. The van der Waals surface area contributed by atoms with E-state index in [2.05, 4.69) is 0 Å². The van der Waals surface area contributed by atoms with E-state index in [9.17, 15) is 18.0 Å². The van der Waals surface area contributed by atoms with Crippen LogP contribution < -0.4 is 0 Å². The molecule has 1 heterocycles. The van der Waals surface area contributed by atoms with Crippen molar-refractivity contribution in [3.63, 3.8) is 0 Å². The minimum absolute atomic E-state index is 0.00338. The van der Waals surface area contributed by atoms with Gasteiger partial charge in [-0.15, -0.1) is 0 Å². The Morgan fingerprint density at radius 2 is 1.91 bits per heavy atom. The standard InChI is InChI=1S/C15H19NO5S/c1-11-4-6-12(7-5-11)22(19,20)16-13(21-3)8-9-15(2,10-17)14(16)18/h4-7,10,13H,8-9H2,1-3H3/t13-,15-/m1/s1. The van der Waals surface area contributed by atoms with Crippen LogP contribution in [0.5, 0.6) is 0 Å². The highest BCUT2D eigenvalue weighted by molar-refractivity contribution is 7.89. The van der Waals surface area contributed by atoms with Gasteiger partial charge in [0.05, 0.1) is 4.90 Å². The van der Waals surface area contributed by atoms with Gasteiger partial charge in [0.25, 0.3) is 15.9 Å². The third-order valence-electron chi connectivity index (χ3n) is 3.97. The van der Waals surface area contributed by atoms with Gasteiger partial charge in [0.1, 0.15) is 17.9 Å². The number of sulfonamides is 1. The van der Waals surface area contributed by atoms with Gasteiger partial charge in [-0.25, -0.2) is 12.7 Å². The second-order valence-electron chi connectivity index (χ2n) is 5.68. The average Bonchev–Trinajstić information content (AvgIpc) is 2.50. The van der Waals surface area contributed by atoms with E-state index in [1.807, 2.05) is 6.92 Å². The molecule has 1 aliphatic rings. The van der Waals surface area contributed by atoms with E-state index in [0.29, 0.717) is 10.6 Å². The van der Waals surface area contributed by atoms with Crippen molar-refractivity contribution in [1.82, 2.24) is 4.31 Å². The third-order valence-corrected chi connectivity index (χ3v) is 5.76. The smallest absolute Gasteiger partial charge is 0.268 e. The van der Waals surface area contributed by atoms with Crippen LogP contribution in [0, 0.1) is 12.3 Å². The Balaban J connectivity index is 2.51. The molecule has 1 saturated heterocycles. The number of carbonyl (C=O) groups is 2. The molecule has 1 aromatic rings. The lowest BCUT2D eigenvalue weighted by Crippen LogP contribution is -2.56. The van der Waals surface area contributed by atoms with Crippen LogP contribution >= 0.6 is 0 Å². The van der Waals surface area contributed by atoms with Gasteiger partial charge >= 0.3 is 0 Å². The summed E-state index contributed by atoms with van der Waals surface area (Å²) in [6.45, 7) is 3.29. The first-order chi connectivity index (χ1) is 10.3. The van der Waals surface area contributed by atoms with Gasteiger partial charge in [-0.3, -0.25) is 4.79 Å². The maximum atomic E-state index is 12.8. The predicted molar refractivity (Wildman–Crippen MR) is 79.4 cm³/mol. The number of carbonyl (C=O) groups excluding carboxylic acids is 2. The number of hydrogen-bond donors (Lipinski definition) is 0. The minimum atomic E-state index is -4.07. The molecule has 0 unspecified atom stereocenters. The summed E-state index contributed by atoms with van der Waals surface area (Å²) in [6, 6.07) is 6.19. The highest BCUT2D eigenvalue weighted by atomic mass is 32.2. The summed E-state index contributed by atoms with van der Waals surface area (Å²) in [7, 11) is -2.72. The fourth-order valence-corrected chi connectivity index (χ4v) is 4.08. The van der Waals surface area contributed by atoms with E-state index in [1.165, 1.54) is 26.2 Å². The number of rotatable bonds is 4. The Labute approximate surface area is 130 Å². The SMILES string of the molecule is CO[C@@H]1CC[C@](C)(C=O)C(=O)N1S(=O)(=O)c1ccc(C)cc1. The van der Waals surface area contributed by atoms with Crippen LogP contribution in [0.4, 0.5) is 0 Å². The number of nitrogens with zero attached hydrogens (tertiary/aromatic N) is 1.